The molecule has 142 valence electrons. The van der Waals surface area contributed by atoms with Crippen molar-refractivity contribution in [1.82, 2.24) is 9.21 Å². The van der Waals surface area contributed by atoms with Gasteiger partial charge in [-0.15, -0.1) is 0 Å². The summed E-state index contributed by atoms with van der Waals surface area (Å²) in [6, 6.07) is 4.92. The summed E-state index contributed by atoms with van der Waals surface area (Å²) < 4.78 is 30.1. The zero-order chi connectivity index (χ0) is 19.0. The highest BCUT2D eigenvalue weighted by Crippen LogP contribution is 2.27. The fourth-order valence-electron chi connectivity index (χ4n) is 2.20. The van der Waals surface area contributed by atoms with Crippen LogP contribution in [0.2, 0.25) is 5.02 Å². The van der Waals surface area contributed by atoms with Crippen molar-refractivity contribution >= 4 is 33.2 Å². The average Bonchev–Trinajstić information content (AvgIpc) is 2.49. The molecule has 0 unspecified atom stereocenters. The summed E-state index contributed by atoms with van der Waals surface area (Å²) in [5, 5.41) is 3.10. The van der Waals surface area contributed by atoms with E-state index < -0.39 is 10.0 Å². The summed E-state index contributed by atoms with van der Waals surface area (Å²) in [5.41, 5.74) is 0.536. The quantitative estimate of drug-likeness (QED) is 0.658. The highest BCUT2D eigenvalue weighted by molar-refractivity contribution is 7.88. The van der Waals surface area contributed by atoms with Crippen molar-refractivity contribution in [2.24, 2.45) is 0 Å². The molecular weight excluding hydrogens is 366 g/mol. The predicted octanol–water partition coefficient (Wildman–Crippen LogP) is 1.89. The second-order valence-corrected chi connectivity index (χ2v) is 8.36. The van der Waals surface area contributed by atoms with Crippen LogP contribution in [-0.4, -0.2) is 70.6 Å². The van der Waals surface area contributed by atoms with Crippen LogP contribution in [0.3, 0.4) is 0 Å². The van der Waals surface area contributed by atoms with E-state index in [9.17, 15) is 13.2 Å². The van der Waals surface area contributed by atoms with Crippen LogP contribution < -0.4 is 10.1 Å². The van der Waals surface area contributed by atoms with Crippen LogP contribution in [0.4, 0.5) is 5.69 Å². The Hall–Kier alpha value is -1.35. The Labute approximate surface area is 154 Å². The van der Waals surface area contributed by atoms with Crippen molar-refractivity contribution in [3.8, 4) is 5.75 Å². The first kappa shape index (κ1) is 21.7. The second kappa shape index (κ2) is 9.96. The third kappa shape index (κ3) is 8.04. The van der Waals surface area contributed by atoms with Gasteiger partial charge < -0.3 is 15.0 Å². The first-order valence-corrected chi connectivity index (χ1v) is 10.1. The van der Waals surface area contributed by atoms with E-state index in [2.05, 4.69) is 5.32 Å². The molecule has 0 bridgehead atoms. The number of anilines is 1. The third-order valence-corrected chi connectivity index (χ3v) is 5.10. The van der Waals surface area contributed by atoms with Crippen molar-refractivity contribution in [2.75, 3.05) is 52.4 Å². The minimum absolute atomic E-state index is 0.0681. The molecular formula is C16H26ClN3O4S. The molecule has 1 aromatic carbocycles. The average molecular weight is 392 g/mol. The van der Waals surface area contributed by atoms with Gasteiger partial charge in [-0.2, -0.15) is 0 Å². The molecule has 1 aromatic rings. The van der Waals surface area contributed by atoms with Gasteiger partial charge in [-0.25, -0.2) is 12.7 Å². The van der Waals surface area contributed by atoms with Crippen LogP contribution in [0, 0.1) is 0 Å². The van der Waals surface area contributed by atoms with E-state index in [1.807, 2.05) is 19.0 Å². The summed E-state index contributed by atoms with van der Waals surface area (Å²) in [7, 11) is 2.02. The molecule has 1 rings (SSSR count). The van der Waals surface area contributed by atoms with Crippen LogP contribution in [0.1, 0.15) is 12.8 Å². The van der Waals surface area contributed by atoms with Gasteiger partial charge in [0.25, 0.3) is 0 Å². The molecule has 0 saturated carbocycles. The van der Waals surface area contributed by atoms with Gasteiger partial charge in [0.15, 0.2) is 0 Å². The Balaban J connectivity index is 2.57. The lowest BCUT2D eigenvalue weighted by molar-refractivity contribution is -0.116. The van der Waals surface area contributed by atoms with E-state index in [-0.39, 0.29) is 18.9 Å². The van der Waals surface area contributed by atoms with Crippen molar-refractivity contribution in [2.45, 2.75) is 12.8 Å². The number of benzene rings is 1. The lowest BCUT2D eigenvalue weighted by Gasteiger charge is -2.20. The van der Waals surface area contributed by atoms with Gasteiger partial charge in [0.05, 0.1) is 18.4 Å². The minimum atomic E-state index is -3.35. The van der Waals surface area contributed by atoms with Gasteiger partial charge >= 0.3 is 0 Å². The number of carbonyl (C=O) groups excluding carboxylic acids is 1. The maximum Gasteiger partial charge on any atom is 0.225 e. The summed E-state index contributed by atoms with van der Waals surface area (Å²) in [6.45, 7) is 1.31. The second-order valence-electron chi connectivity index (χ2n) is 5.97. The molecule has 0 aliphatic carbocycles. The van der Waals surface area contributed by atoms with Crippen LogP contribution >= 0.6 is 11.6 Å². The SMILES string of the molecule is COc1ccc(NC(=O)CCN(CCCN(C)C)S(C)(=O)=O)cc1Cl. The number of hydrogen-bond donors (Lipinski definition) is 1. The first-order chi connectivity index (χ1) is 11.6. The monoisotopic (exact) mass is 391 g/mol. The summed E-state index contributed by atoms with van der Waals surface area (Å²) in [5.74, 6) is 0.242. The Morgan fingerprint density at radius 1 is 1.24 bits per heavy atom. The largest absolute Gasteiger partial charge is 0.495 e. The van der Waals surface area contributed by atoms with Gasteiger partial charge in [-0.1, -0.05) is 11.6 Å². The molecule has 0 aliphatic heterocycles. The number of nitrogens with zero attached hydrogens (tertiary/aromatic N) is 2. The van der Waals surface area contributed by atoms with E-state index in [1.54, 1.807) is 18.2 Å². The zero-order valence-electron chi connectivity index (χ0n) is 15.1. The normalized spacial score (nSPS) is 11.8. The lowest BCUT2D eigenvalue weighted by Crippen LogP contribution is -2.35. The molecule has 25 heavy (non-hydrogen) atoms. The molecule has 0 heterocycles. The number of carbonyl (C=O) groups is 1. The summed E-state index contributed by atoms with van der Waals surface area (Å²) >= 11 is 6.02. The minimum Gasteiger partial charge on any atom is -0.495 e. The van der Waals surface area contributed by atoms with Crippen molar-refractivity contribution < 1.29 is 17.9 Å². The Morgan fingerprint density at radius 2 is 1.92 bits per heavy atom. The van der Waals surface area contributed by atoms with Gasteiger partial charge in [0.2, 0.25) is 15.9 Å². The Bertz CT molecular complexity index is 680. The summed E-state index contributed by atoms with van der Waals surface area (Å²) in [4.78, 5) is 14.1. The molecule has 0 spiro atoms. The molecule has 0 saturated heterocycles. The standard InChI is InChI=1S/C16H26ClN3O4S/c1-19(2)9-5-10-20(25(4,22)23)11-8-16(21)18-13-6-7-15(24-3)14(17)12-13/h6-7,12H,5,8-11H2,1-4H3,(H,18,21). The molecule has 1 amide bonds. The van der Waals surface area contributed by atoms with Gasteiger partial charge in [-0.3, -0.25) is 4.79 Å². The highest BCUT2D eigenvalue weighted by Gasteiger charge is 2.17. The number of amides is 1. The third-order valence-electron chi connectivity index (χ3n) is 3.51. The lowest BCUT2D eigenvalue weighted by atomic mass is 10.3. The molecule has 0 atom stereocenters. The number of hydrogen-bond acceptors (Lipinski definition) is 5. The van der Waals surface area contributed by atoms with E-state index in [4.69, 9.17) is 16.3 Å². The highest BCUT2D eigenvalue weighted by atomic mass is 35.5. The van der Waals surface area contributed by atoms with Gasteiger partial charge in [-0.05, 0) is 45.3 Å². The van der Waals surface area contributed by atoms with Crippen molar-refractivity contribution in [3.63, 3.8) is 0 Å². The fraction of sp³-hybridized carbons (Fsp3) is 0.562. The molecule has 0 radical (unpaired) electrons. The number of nitrogens with one attached hydrogen (secondary N) is 1. The maximum absolute atomic E-state index is 12.1. The molecule has 0 aromatic heterocycles. The number of sulfonamides is 1. The van der Waals surface area contributed by atoms with Crippen LogP contribution in [0.15, 0.2) is 18.2 Å². The van der Waals surface area contributed by atoms with Crippen molar-refractivity contribution in [3.05, 3.63) is 23.2 Å². The number of ether oxygens (including phenoxy) is 1. The molecule has 9 heteroatoms. The molecule has 0 aliphatic rings. The van der Waals surface area contributed by atoms with Crippen LogP contribution in [0.5, 0.6) is 5.75 Å². The topological polar surface area (TPSA) is 79.0 Å². The van der Waals surface area contributed by atoms with E-state index in [0.29, 0.717) is 29.4 Å². The number of rotatable bonds is 10. The smallest absolute Gasteiger partial charge is 0.225 e. The molecule has 0 fully saturated rings. The van der Waals surface area contributed by atoms with Crippen LogP contribution in [0.25, 0.3) is 0 Å². The first-order valence-electron chi connectivity index (χ1n) is 7.86. The van der Waals surface area contributed by atoms with E-state index in [0.717, 1.165) is 12.8 Å². The predicted molar refractivity (Wildman–Crippen MR) is 101 cm³/mol. The molecule has 1 N–H and O–H groups in total. The molecule has 7 nitrogen and oxygen atoms in total. The number of methoxy groups -OCH3 is 1. The van der Waals surface area contributed by atoms with Gasteiger partial charge in [0.1, 0.15) is 5.75 Å². The van der Waals surface area contributed by atoms with E-state index in [1.165, 1.54) is 11.4 Å². The number of halogens is 1. The fourth-order valence-corrected chi connectivity index (χ4v) is 3.34. The summed E-state index contributed by atoms with van der Waals surface area (Å²) in [6.07, 6.45) is 1.93. The maximum atomic E-state index is 12.1. The Kier molecular flexibility index (Phi) is 8.64. The van der Waals surface area contributed by atoms with Crippen molar-refractivity contribution in [1.29, 1.82) is 0 Å². The van der Waals surface area contributed by atoms with Crippen LogP contribution in [-0.2, 0) is 14.8 Å². The zero-order valence-corrected chi connectivity index (χ0v) is 16.7. The van der Waals surface area contributed by atoms with E-state index >= 15 is 0 Å². The van der Waals surface area contributed by atoms with Gasteiger partial charge in [0, 0.05) is 25.2 Å². The Morgan fingerprint density at radius 3 is 2.44 bits per heavy atom.